The second-order valence-electron chi connectivity index (χ2n) is 4.07. The van der Waals surface area contributed by atoms with E-state index in [4.69, 9.17) is 9.84 Å². The third-order valence-corrected chi connectivity index (χ3v) is 2.77. The molecule has 2 N–H and O–H groups in total. The van der Waals surface area contributed by atoms with Gasteiger partial charge in [0.15, 0.2) is 5.65 Å². The third kappa shape index (κ3) is 2.88. The highest BCUT2D eigenvalue weighted by atomic mass is 16.5. The van der Waals surface area contributed by atoms with Crippen LogP contribution in [0.4, 0.5) is 0 Å². The van der Waals surface area contributed by atoms with E-state index < -0.39 is 6.10 Å². The van der Waals surface area contributed by atoms with Crippen molar-refractivity contribution in [3.63, 3.8) is 0 Å². The molecule has 0 spiro atoms. The number of rotatable bonds is 5. The van der Waals surface area contributed by atoms with Crippen molar-refractivity contribution < 1.29 is 14.9 Å². The van der Waals surface area contributed by atoms with Gasteiger partial charge in [0.1, 0.15) is 5.52 Å². The Morgan fingerprint density at radius 1 is 1.47 bits per heavy atom. The molecule has 2 aromatic rings. The Balaban J connectivity index is 2.44. The maximum atomic E-state index is 11.8. The SMILES string of the molecule is COc1ccc2ncc(=O)n(CCC(O)CO)c2n1. The Bertz CT molecular complexity index is 626. The summed E-state index contributed by atoms with van der Waals surface area (Å²) in [7, 11) is 1.49. The molecule has 1 atom stereocenters. The lowest BCUT2D eigenvalue weighted by Gasteiger charge is -2.11. The van der Waals surface area contributed by atoms with Crippen molar-refractivity contribution in [1.29, 1.82) is 0 Å². The zero-order valence-electron chi connectivity index (χ0n) is 10.5. The lowest BCUT2D eigenvalue weighted by Crippen LogP contribution is -2.24. The molecule has 0 amide bonds. The number of ether oxygens (including phenoxy) is 1. The minimum Gasteiger partial charge on any atom is -0.481 e. The first-order chi connectivity index (χ1) is 9.15. The van der Waals surface area contributed by atoms with E-state index in [1.165, 1.54) is 17.9 Å². The van der Waals surface area contributed by atoms with Crippen molar-refractivity contribution in [3.05, 3.63) is 28.7 Å². The van der Waals surface area contributed by atoms with Crippen molar-refractivity contribution >= 4 is 11.2 Å². The van der Waals surface area contributed by atoms with Gasteiger partial charge >= 0.3 is 0 Å². The molecule has 0 fully saturated rings. The summed E-state index contributed by atoms with van der Waals surface area (Å²) in [5.41, 5.74) is 0.661. The first kappa shape index (κ1) is 13.4. The molecule has 0 aliphatic heterocycles. The first-order valence-corrected chi connectivity index (χ1v) is 5.85. The Morgan fingerprint density at radius 3 is 2.95 bits per heavy atom. The summed E-state index contributed by atoms with van der Waals surface area (Å²) in [6, 6.07) is 3.37. The lowest BCUT2D eigenvalue weighted by atomic mass is 10.2. The van der Waals surface area contributed by atoms with Gasteiger partial charge in [0.05, 0.1) is 26.0 Å². The summed E-state index contributed by atoms with van der Waals surface area (Å²) < 4.78 is 6.43. The number of aliphatic hydroxyl groups is 2. The molecule has 0 aliphatic rings. The maximum absolute atomic E-state index is 11.8. The Morgan fingerprint density at radius 2 is 2.26 bits per heavy atom. The largest absolute Gasteiger partial charge is 0.481 e. The van der Waals surface area contributed by atoms with E-state index in [2.05, 4.69) is 9.97 Å². The van der Waals surface area contributed by atoms with Crippen LogP contribution in [-0.2, 0) is 6.54 Å². The third-order valence-electron chi connectivity index (χ3n) is 2.77. The maximum Gasteiger partial charge on any atom is 0.270 e. The van der Waals surface area contributed by atoms with E-state index in [1.54, 1.807) is 12.1 Å². The van der Waals surface area contributed by atoms with Gasteiger partial charge in [0, 0.05) is 12.6 Å². The first-order valence-electron chi connectivity index (χ1n) is 5.85. The fourth-order valence-electron chi connectivity index (χ4n) is 1.72. The second-order valence-corrected chi connectivity index (χ2v) is 4.07. The number of nitrogens with zero attached hydrogens (tertiary/aromatic N) is 3. The zero-order chi connectivity index (χ0) is 13.8. The predicted octanol–water partition coefficient (Wildman–Crippen LogP) is -0.457. The van der Waals surface area contributed by atoms with Crippen molar-refractivity contribution in [2.75, 3.05) is 13.7 Å². The molecule has 2 aromatic heterocycles. The van der Waals surface area contributed by atoms with Gasteiger partial charge in [-0.2, -0.15) is 4.98 Å². The highest BCUT2D eigenvalue weighted by Gasteiger charge is 2.09. The summed E-state index contributed by atoms with van der Waals surface area (Å²) >= 11 is 0. The van der Waals surface area contributed by atoms with Gasteiger partial charge in [-0.15, -0.1) is 0 Å². The molecule has 2 rings (SSSR count). The van der Waals surface area contributed by atoms with Gasteiger partial charge in [-0.3, -0.25) is 9.36 Å². The summed E-state index contributed by atoms with van der Waals surface area (Å²) in [5.74, 6) is 0.386. The van der Waals surface area contributed by atoms with Crippen LogP contribution in [0.2, 0.25) is 0 Å². The molecule has 0 radical (unpaired) electrons. The van der Waals surface area contributed by atoms with E-state index in [0.717, 1.165) is 0 Å². The van der Waals surface area contributed by atoms with Gasteiger partial charge in [0.2, 0.25) is 5.88 Å². The van der Waals surface area contributed by atoms with Gasteiger partial charge < -0.3 is 14.9 Å². The summed E-state index contributed by atoms with van der Waals surface area (Å²) in [5, 5.41) is 18.1. The predicted molar refractivity (Wildman–Crippen MR) is 68.1 cm³/mol. The number of aromatic nitrogens is 3. The van der Waals surface area contributed by atoms with Gasteiger partial charge in [-0.25, -0.2) is 4.98 Å². The molecule has 0 saturated carbocycles. The number of methoxy groups -OCH3 is 1. The van der Waals surface area contributed by atoms with E-state index in [0.29, 0.717) is 17.0 Å². The average Bonchev–Trinajstić information content (AvgIpc) is 2.45. The molecule has 102 valence electrons. The van der Waals surface area contributed by atoms with E-state index in [1.807, 2.05) is 0 Å². The van der Waals surface area contributed by atoms with Crippen molar-refractivity contribution in [3.8, 4) is 5.88 Å². The van der Waals surface area contributed by atoms with Crippen LogP contribution in [0.15, 0.2) is 23.1 Å². The highest BCUT2D eigenvalue weighted by molar-refractivity contribution is 5.70. The Labute approximate surface area is 109 Å². The van der Waals surface area contributed by atoms with Crippen LogP contribution >= 0.6 is 0 Å². The number of hydrogen-bond donors (Lipinski definition) is 2. The van der Waals surface area contributed by atoms with E-state index >= 15 is 0 Å². The summed E-state index contributed by atoms with van der Waals surface area (Å²) in [4.78, 5) is 20.0. The van der Waals surface area contributed by atoms with Crippen LogP contribution in [0.3, 0.4) is 0 Å². The second kappa shape index (κ2) is 5.77. The van der Waals surface area contributed by atoms with Gasteiger partial charge in [-0.1, -0.05) is 0 Å². The molecule has 7 nitrogen and oxygen atoms in total. The zero-order valence-corrected chi connectivity index (χ0v) is 10.5. The molecule has 0 saturated heterocycles. The normalized spacial score (nSPS) is 12.6. The van der Waals surface area contributed by atoms with Crippen LogP contribution in [0.1, 0.15) is 6.42 Å². The number of aliphatic hydroxyl groups excluding tert-OH is 2. The molecule has 0 bridgehead atoms. The summed E-state index contributed by atoms with van der Waals surface area (Å²) in [6.45, 7) is -0.0890. The van der Waals surface area contributed by atoms with Crippen LogP contribution in [0.5, 0.6) is 5.88 Å². The van der Waals surface area contributed by atoms with Gasteiger partial charge in [-0.05, 0) is 12.5 Å². The monoisotopic (exact) mass is 265 g/mol. The fraction of sp³-hybridized carbons (Fsp3) is 0.417. The summed E-state index contributed by atoms with van der Waals surface area (Å²) in [6.07, 6.45) is 0.608. The molecule has 0 aliphatic carbocycles. The van der Waals surface area contributed by atoms with E-state index in [9.17, 15) is 9.90 Å². The van der Waals surface area contributed by atoms with Crippen LogP contribution in [0.25, 0.3) is 11.2 Å². The minimum absolute atomic E-state index is 0.250. The molecule has 2 heterocycles. The number of aryl methyl sites for hydroxylation is 1. The van der Waals surface area contributed by atoms with Crippen LogP contribution in [0, 0.1) is 0 Å². The van der Waals surface area contributed by atoms with Crippen molar-refractivity contribution in [2.45, 2.75) is 19.1 Å². The number of fused-ring (bicyclic) bond motifs is 1. The minimum atomic E-state index is -0.860. The molecular weight excluding hydrogens is 250 g/mol. The lowest BCUT2D eigenvalue weighted by molar-refractivity contribution is 0.0846. The molecular formula is C12H15N3O4. The van der Waals surface area contributed by atoms with Gasteiger partial charge in [0.25, 0.3) is 5.56 Å². The average molecular weight is 265 g/mol. The standard InChI is InChI=1S/C12H15N3O4/c1-19-10-3-2-9-12(14-10)15(11(18)6-13-9)5-4-8(17)7-16/h2-3,6,8,16-17H,4-5,7H2,1H3. The van der Waals surface area contributed by atoms with Crippen molar-refractivity contribution in [1.82, 2.24) is 14.5 Å². The highest BCUT2D eigenvalue weighted by Crippen LogP contribution is 2.13. The number of hydrogen-bond acceptors (Lipinski definition) is 6. The molecule has 7 heteroatoms. The topological polar surface area (TPSA) is 97.5 Å². The number of pyridine rings is 1. The Hall–Kier alpha value is -1.99. The molecule has 0 aromatic carbocycles. The molecule has 1 unspecified atom stereocenters. The Kier molecular flexibility index (Phi) is 4.08. The van der Waals surface area contributed by atoms with E-state index in [-0.39, 0.29) is 25.1 Å². The van der Waals surface area contributed by atoms with Crippen LogP contribution in [-0.4, -0.2) is 44.6 Å². The van der Waals surface area contributed by atoms with Crippen LogP contribution < -0.4 is 10.3 Å². The smallest absolute Gasteiger partial charge is 0.270 e. The molecule has 19 heavy (non-hydrogen) atoms. The van der Waals surface area contributed by atoms with Crippen molar-refractivity contribution in [2.24, 2.45) is 0 Å². The fourth-order valence-corrected chi connectivity index (χ4v) is 1.72. The quantitative estimate of drug-likeness (QED) is 0.759.